The molecule has 1 aromatic carbocycles. The molecule has 0 spiro atoms. The van der Waals surface area contributed by atoms with E-state index in [4.69, 9.17) is 5.41 Å². The summed E-state index contributed by atoms with van der Waals surface area (Å²) in [6.07, 6.45) is 4.28. The van der Waals surface area contributed by atoms with Gasteiger partial charge in [-0.25, -0.2) is 0 Å². The third-order valence-electron chi connectivity index (χ3n) is 4.66. The molecule has 2 N–H and O–H groups in total. The topological polar surface area (TPSA) is 64.4 Å². The minimum absolute atomic E-state index is 0.194. The molecule has 1 aromatic rings. The van der Waals surface area contributed by atoms with E-state index in [9.17, 15) is 9.90 Å². The smallest absolute Gasteiger partial charge is 0.239 e. The van der Waals surface area contributed by atoms with E-state index >= 15 is 0 Å². The van der Waals surface area contributed by atoms with Crippen molar-refractivity contribution in [1.82, 2.24) is 4.90 Å². The Morgan fingerprint density at radius 2 is 2.05 bits per heavy atom. The summed E-state index contributed by atoms with van der Waals surface area (Å²) in [5.74, 6) is -0.992. The number of amides is 1. The minimum Gasteiger partial charge on any atom is -0.389 e. The van der Waals surface area contributed by atoms with Gasteiger partial charge in [0.25, 0.3) is 0 Å². The maximum absolute atomic E-state index is 12.7. The molecule has 1 amide bonds. The van der Waals surface area contributed by atoms with Gasteiger partial charge in [0, 0.05) is 6.20 Å². The SMILES string of the molecule is CCC12C(=N)C(C(C)(C)O)C(=O)N1C=Cc1ccccc12. The predicted octanol–water partition coefficient (Wildman–Crippen LogP) is 2.53. The molecule has 21 heavy (non-hydrogen) atoms. The number of aliphatic hydroxyl groups is 1. The number of hydrogen-bond donors (Lipinski definition) is 2. The van der Waals surface area contributed by atoms with Crippen molar-refractivity contribution in [2.75, 3.05) is 0 Å². The quantitative estimate of drug-likeness (QED) is 0.876. The zero-order valence-corrected chi connectivity index (χ0v) is 12.6. The number of benzene rings is 1. The van der Waals surface area contributed by atoms with Gasteiger partial charge in [0.2, 0.25) is 5.91 Å². The summed E-state index contributed by atoms with van der Waals surface area (Å²) in [6.45, 7) is 5.18. The second-order valence-electron chi connectivity index (χ2n) is 6.33. The first-order valence-electron chi connectivity index (χ1n) is 7.26. The van der Waals surface area contributed by atoms with Crippen molar-refractivity contribution < 1.29 is 9.90 Å². The van der Waals surface area contributed by atoms with Crippen LogP contribution in [-0.2, 0) is 10.3 Å². The molecule has 2 aliphatic rings. The van der Waals surface area contributed by atoms with Crippen molar-refractivity contribution in [3.63, 3.8) is 0 Å². The highest BCUT2D eigenvalue weighted by Crippen LogP contribution is 2.48. The summed E-state index contributed by atoms with van der Waals surface area (Å²) in [5, 5.41) is 19.0. The van der Waals surface area contributed by atoms with Gasteiger partial charge >= 0.3 is 0 Å². The normalized spacial score (nSPS) is 27.8. The Morgan fingerprint density at radius 3 is 2.67 bits per heavy atom. The molecule has 3 rings (SSSR count). The molecule has 0 radical (unpaired) electrons. The van der Waals surface area contributed by atoms with Crippen LogP contribution in [0.1, 0.15) is 38.3 Å². The number of hydrogen-bond acceptors (Lipinski definition) is 3. The Bertz CT molecular complexity index is 657. The van der Waals surface area contributed by atoms with Crippen LogP contribution in [-0.4, -0.2) is 27.2 Å². The van der Waals surface area contributed by atoms with Crippen LogP contribution in [0.4, 0.5) is 0 Å². The van der Waals surface area contributed by atoms with Gasteiger partial charge < -0.3 is 15.4 Å². The Hall–Kier alpha value is -1.94. The lowest BCUT2D eigenvalue weighted by Crippen LogP contribution is -2.45. The molecule has 2 unspecified atom stereocenters. The molecular formula is C17H20N2O2. The number of carbonyl (C=O) groups is 1. The number of rotatable bonds is 2. The van der Waals surface area contributed by atoms with Gasteiger partial charge in [0.1, 0.15) is 11.5 Å². The van der Waals surface area contributed by atoms with E-state index in [-0.39, 0.29) is 5.91 Å². The van der Waals surface area contributed by atoms with Gasteiger partial charge in [-0.3, -0.25) is 4.79 Å². The Balaban J connectivity index is 2.26. The number of nitrogens with one attached hydrogen (secondary N) is 1. The highest BCUT2D eigenvalue weighted by molar-refractivity contribution is 6.16. The zero-order chi connectivity index (χ0) is 15.4. The van der Waals surface area contributed by atoms with Crippen LogP contribution in [0.15, 0.2) is 30.5 Å². The molecule has 110 valence electrons. The van der Waals surface area contributed by atoms with E-state index in [0.717, 1.165) is 11.1 Å². The van der Waals surface area contributed by atoms with E-state index < -0.39 is 17.1 Å². The Morgan fingerprint density at radius 1 is 1.38 bits per heavy atom. The predicted molar refractivity (Wildman–Crippen MR) is 81.8 cm³/mol. The maximum atomic E-state index is 12.7. The van der Waals surface area contributed by atoms with E-state index in [2.05, 4.69) is 0 Å². The molecule has 1 fully saturated rings. The molecule has 1 saturated heterocycles. The summed E-state index contributed by atoms with van der Waals surface area (Å²) in [7, 11) is 0. The fraction of sp³-hybridized carbons (Fsp3) is 0.412. The molecule has 4 nitrogen and oxygen atoms in total. The van der Waals surface area contributed by atoms with Gasteiger partial charge in [0.05, 0.1) is 11.3 Å². The Kier molecular flexibility index (Phi) is 2.85. The van der Waals surface area contributed by atoms with E-state index in [1.54, 1.807) is 24.9 Å². The number of carbonyl (C=O) groups excluding carboxylic acids is 1. The van der Waals surface area contributed by atoms with Crippen LogP contribution in [0.3, 0.4) is 0 Å². The van der Waals surface area contributed by atoms with Crippen LogP contribution in [0.2, 0.25) is 0 Å². The van der Waals surface area contributed by atoms with Crippen molar-refractivity contribution in [2.45, 2.75) is 38.3 Å². The van der Waals surface area contributed by atoms with Gasteiger partial charge in [-0.05, 0) is 37.5 Å². The molecule has 0 aromatic heterocycles. The Labute approximate surface area is 124 Å². The van der Waals surface area contributed by atoms with Gasteiger partial charge in [-0.15, -0.1) is 0 Å². The molecule has 2 heterocycles. The average molecular weight is 284 g/mol. The van der Waals surface area contributed by atoms with E-state index in [0.29, 0.717) is 12.1 Å². The molecule has 2 atom stereocenters. The van der Waals surface area contributed by atoms with Crippen LogP contribution in [0.25, 0.3) is 6.08 Å². The van der Waals surface area contributed by atoms with Crippen LogP contribution in [0, 0.1) is 11.3 Å². The van der Waals surface area contributed by atoms with Crippen molar-refractivity contribution in [3.8, 4) is 0 Å². The molecule has 4 heteroatoms. The summed E-state index contributed by atoms with van der Waals surface area (Å²) < 4.78 is 0. The summed E-state index contributed by atoms with van der Waals surface area (Å²) in [5.41, 5.74) is 0.299. The molecular weight excluding hydrogens is 264 g/mol. The fourth-order valence-electron chi connectivity index (χ4n) is 3.68. The van der Waals surface area contributed by atoms with Gasteiger partial charge in [-0.2, -0.15) is 0 Å². The van der Waals surface area contributed by atoms with Crippen molar-refractivity contribution in [3.05, 3.63) is 41.6 Å². The first-order chi connectivity index (χ1) is 9.84. The molecule has 0 saturated carbocycles. The van der Waals surface area contributed by atoms with E-state index in [1.807, 2.05) is 37.3 Å². The highest BCUT2D eigenvalue weighted by Gasteiger charge is 2.59. The van der Waals surface area contributed by atoms with Crippen LogP contribution >= 0.6 is 0 Å². The molecule has 2 aliphatic heterocycles. The third kappa shape index (κ3) is 1.65. The molecule has 0 bridgehead atoms. The standard InChI is InChI=1S/C17H20N2O2/c1-4-17-12-8-6-5-7-11(12)9-10-19(17)15(20)13(14(17)18)16(2,3)21/h5-10,13,18,21H,4H2,1-3H3. The summed E-state index contributed by atoms with van der Waals surface area (Å²) in [4.78, 5) is 14.4. The number of fused-ring (bicyclic) bond motifs is 3. The lowest BCUT2D eigenvalue weighted by molar-refractivity contribution is -0.136. The second kappa shape index (κ2) is 4.28. The minimum atomic E-state index is -1.24. The average Bonchev–Trinajstić information content (AvgIpc) is 2.67. The first kappa shape index (κ1) is 14.0. The van der Waals surface area contributed by atoms with Crippen LogP contribution in [0.5, 0.6) is 0 Å². The second-order valence-corrected chi connectivity index (χ2v) is 6.33. The third-order valence-corrected chi connectivity index (χ3v) is 4.66. The molecule has 0 aliphatic carbocycles. The maximum Gasteiger partial charge on any atom is 0.239 e. The van der Waals surface area contributed by atoms with Gasteiger partial charge in [0.15, 0.2) is 0 Å². The first-order valence-corrected chi connectivity index (χ1v) is 7.26. The van der Waals surface area contributed by atoms with Crippen molar-refractivity contribution >= 4 is 17.7 Å². The van der Waals surface area contributed by atoms with Crippen molar-refractivity contribution in [1.29, 1.82) is 5.41 Å². The van der Waals surface area contributed by atoms with Crippen molar-refractivity contribution in [2.24, 2.45) is 5.92 Å². The summed E-state index contributed by atoms with van der Waals surface area (Å²) in [6, 6.07) is 7.86. The lowest BCUT2D eigenvalue weighted by atomic mass is 9.74. The van der Waals surface area contributed by atoms with Gasteiger partial charge in [-0.1, -0.05) is 31.2 Å². The fourth-order valence-corrected chi connectivity index (χ4v) is 3.68. The van der Waals surface area contributed by atoms with Crippen LogP contribution < -0.4 is 0 Å². The largest absolute Gasteiger partial charge is 0.389 e. The zero-order valence-electron chi connectivity index (χ0n) is 12.6. The summed E-state index contributed by atoms with van der Waals surface area (Å²) >= 11 is 0. The lowest BCUT2D eigenvalue weighted by Gasteiger charge is -2.39. The monoisotopic (exact) mass is 284 g/mol. The number of nitrogens with zero attached hydrogens (tertiary/aromatic N) is 1. The highest BCUT2D eigenvalue weighted by atomic mass is 16.3. The van der Waals surface area contributed by atoms with E-state index in [1.165, 1.54) is 0 Å².